The third-order valence-electron chi connectivity index (χ3n) is 1.67. The lowest BCUT2D eigenvalue weighted by molar-refractivity contribution is -0.147. The quantitative estimate of drug-likeness (QED) is 0.288. The second-order valence-electron chi connectivity index (χ2n) is 2.87. The van der Waals surface area contributed by atoms with Gasteiger partial charge in [-0.25, -0.2) is 9.36 Å². The summed E-state index contributed by atoms with van der Waals surface area (Å²) in [5.74, 6) is -3.39. The summed E-state index contributed by atoms with van der Waals surface area (Å²) in [5, 5.41) is 26.9. The van der Waals surface area contributed by atoms with Gasteiger partial charge in [0, 0.05) is 0 Å². The molecule has 0 bridgehead atoms. The van der Waals surface area contributed by atoms with Crippen LogP contribution in [-0.4, -0.2) is 49.9 Å². The average molecular weight is 256 g/mol. The Morgan fingerprint density at radius 1 is 1.50 bits per heavy atom. The fourth-order valence-corrected chi connectivity index (χ4v) is 1.42. The Morgan fingerprint density at radius 2 is 2.06 bits per heavy atom. The predicted octanol–water partition coefficient (Wildman–Crippen LogP) is -1.86. The standard InChI is InChI=1S/C6H9O9P/c7-1-2(8)4-3(9)5(6(10)14-4)15-16(11,12)13/h2,4,7-9H,1H2,(H2,11,12,13)/t2?,4-/m0/s1. The normalized spacial score (nSPS) is 23.2. The molecule has 0 amide bonds. The Kier molecular flexibility index (Phi) is 3.56. The van der Waals surface area contributed by atoms with Gasteiger partial charge < -0.3 is 24.6 Å². The molecule has 1 aliphatic heterocycles. The van der Waals surface area contributed by atoms with E-state index in [-0.39, 0.29) is 0 Å². The second kappa shape index (κ2) is 4.40. The topological polar surface area (TPSA) is 154 Å². The molecule has 1 unspecified atom stereocenters. The molecular weight excluding hydrogens is 247 g/mol. The van der Waals surface area contributed by atoms with Crippen LogP contribution >= 0.6 is 7.82 Å². The molecule has 0 aromatic rings. The highest BCUT2D eigenvalue weighted by Gasteiger charge is 2.42. The SMILES string of the molecule is O=C1O[C@@H](C(O)CO)C(O)=C1OP(=O)(O)O. The van der Waals surface area contributed by atoms with E-state index in [1.165, 1.54) is 0 Å². The van der Waals surface area contributed by atoms with Crippen molar-refractivity contribution in [3.05, 3.63) is 11.5 Å². The van der Waals surface area contributed by atoms with Crippen LogP contribution in [0, 0.1) is 0 Å². The fourth-order valence-electron chi connectivity index (χ4n) is 1.02. The minimum Gasteiger partial charge on any atom is -0.505 e. The summed E-state index contributed by atoms with van der Waals surface area (Å²) in [6.07, 6.45) is -3.21. The number of esters is 1. The van der Waals surface area contributed by atoms with Crippen molar-refractivity contribution >= 4 is 13.8 Å². The number of hydrogen-bond donors (Lipinski definition) is 5. The van der Waals surface area contributed by atoms with Crippen molar-refractivity contribution in [3.8, 4) is 0 Å². The molecule has 0 aromatic heterocycles. The maximum atomic E-state index is 11.0. The second-order valence-corrected chi connectivity index (χ2v) is 4.04. The first-order chi connectivity index (χ1) is 7.26. The van der Waals surface area contributed by atoms with Gasteiger partial charge in [-0.3, -0.25) is 9.79 Å². The van der Waals surface area contributed by atoms with Crippen molar-refractivity contribution in [1.29, 1.82) is 0 Å². The maximum absolute atomic E-state index is 11.0. The molecule has 1 heterocycles. The molecule has 10 heteroatoms. The van der Waals surface area contributed by atoms with Gasteiger partial charge in [-0.15, -0.1) is 0 Å². The molecule has 16 heavy (non-hydrogen) atoms. The van der Waals surface area contributed by atoms with Crippen molar-refractivity contribution in [3.63, 3.8) is 0 Å². The van der Waals surface area contributed by atoms with E-state index in [9.17, 15) is 14.5 Å². The molecule has 0 spiro atoms. The van der Waals surface area contributed by atoms with E-state index < -0.39 is 44.1 Å². The number of phosphoric ester groups is 1. The highest BCUT2D eigenvalue weighted by molar-refractivity contribution is 7.46. The Labute approximate surface area is 88.8 Å². The fraction of sp³-hybridized carbons (Fsp3) is 0.500. The number of hydrogen-bond acceptors (Lipinski definition) is 7. The summed E-state index contributed by atoms with van der Waals surface area (Å²) in [6, 6.07) is 0. The van der Waals surface area contributed by atoms with Gasteiger partial charge in [0.1, 0.15) is 6.10 Å². The zero-order valence-electron chi connectivity index (χ0n) is 7.68. The van der Waals surface area contributed by atoms with E-state index in [1.807, 2.05) is 0 Å². The zero-order valence-corrected chi connectivity index (χ0v) is 8.57. The molecule has 0 aromatic carbocycles. The Balaban J connectivity index is 2.94. The van der Waals surface area contributed by atoms with Crippen molar-refractivity contribution in [2.24, 2.45) is 0 Å². The van der Waals surface area contributed by atoms with Crippen LogP contribution in [0.2, 0.25) is 0 Å². The van der Waals surface area contributed by atoms with E-state index in [1.54, 1.807) is 0 Å². The van der Waals surface area contributed by atoms with Crippen LogP contribution in [0.5, 0.6) is 0 Å². The monoisotopic (exact) mass is 256 g/mol. The first-order valence-electron chi connectivity index (χ1n) is 3.94. The summed E-state index contributed by atoms with van der Waals surface area (Å²) >= 11 is 0. The Hall–Kier alpha value is -1.12. The number of rotatable bonds is 4. The van der Waals surface area contributed by atoms with Gasteiger partial charge >= 0.3 is 13.8 Å². The molecule has 0 saturated carbocycles. The molecule has 0 saturated heterocycles. The number of aliphatic hydroxyl groups is 3. The molecule has 92 valence electrons. The van der Waals surface area contributed by atoms with Crippen LogP contribution in [0.15, 0.2) is 11.5 Å². The van der Waals surface area contributed by atoms with Crippen molar-refractivity contribution in [1.82, 2.24) is 0 Å². The lowest BCUT2D eigenvalue weighted by Gasteiger charge is -2.13. The number of phosphoric acid groups is 1. The summed E-state index contributed by atoms with van der Waals surface area (Å²) < 4.78 is 18.7. The van der Waals surface area contributed by atoms with Crippen LogP contribution in [0.25, 0.3) is 0 Å². The van der Waals surface area contributed by atoms with Gasteiger partial charge in [-0.05, 0) is 0 Å². The molecule has 1 aliphatic rings. The summed E-state index contributed by atoms with van der Waals surface area (Å²) in [5.41, 5.74) is 0. The van der Waals surface area contributed by atoms with Gasteiger partial charge in [-0.2, -0.15) is 0 Å². The van der Waals surface area contributed by atoms with Gasteiger partial charge in [0.15, 0.2) is 11.9 Å². The number of aliphatic hydroxyl groups excluding tert-OH is 3. The Morgan fingerprint density at radius 3 is 2.50 bits per heavy atom. The first-order valence-corrected chi connectivity index (χ1v) is 5.47. The number of carbonyl (C=O) groups excluding carboxylic acids is 1. The third-order valence-corrected chi connectivity index (χ3v) is 2.09. The summed E-state index contributed by atoms with van der Waals surface area (Å²) in [6.45, 7) is -0.814. The minimum absolute atomic E-state index is 0.814. The van der Waals surface area contributed by atoms with Gasteiger partial charge in [0.25, 0.3) is 5.76 Å². The molecule has 0 aliphatic carbocycles. The average Bonchev–Trinajstić information content (AvgIpc) is 2.42. The first kappa shape index (κ1) is 12.9. The maximum Gasteiger partial charge on any atom is 0.525 e. The molecule has 9 nitrogen and oxygen atoms in total. The minimum atomic E-state index is -5.02. The highest BCUT2D eigenvalue weighted by atomic mass is 31.2. The predicted molar refractivity (Wildman–Crippen MR) is 45.8 cm³/mol. The molecule has 0 radical (unpaired) electrons. The van der Waals surface area contributed by atoms with Crippen LogP contribution in [0.4, 0.5) is 0 Å². The van der Waals surface area contributed by atoms with E-state index in [0.29, 0.717) is 0 Å². The molecule has 5 N–H and O–H groups in total. The van der Waals surface area contributed by atoms with Crippen LogP contribution < -0.4 is 0 Å². The van der Waals surface area contributed by atoms with Gasteiger partial charge in [-0.1, -0.05) is 0 Å². The molecule has 0 fully saturated rings. The highest BCUT2D eigenvalue weighted by Crippen LogP contribution is 2.42. The van der Waals surface area contributed by atoms with E-state index in [2.05, 4.69) is 9.26 Å². The zero-order chi connectivity index (χ0) is 12.5. The van der Waals surface area contributed by atoms with E-state index in [0.717, 1.165) is 0 Å². The van der Waals surface area contributed by atoms with Gasteiger partial charge in [0.05, 0.1) is 6.61 Å². The Bertz CT molecular complexity index is 368. The van der Waals surface area contributed by atoms with Crippen molar-refractivity contribution in [2.45, 2.75) is 12.2 Å². The van der Waals surface area contributed by atoms with Crippen LogP contribution in [0.3, 0.4) is 0 Å². The molecule has 2 atom stereocenters. The van der Waals surface area contributed by atoms with Gasteiger partial charge in [0.2, 0.25) is 0 Å². The number of ether oxygens (including phenoxy) is 1. The largest absolute Gasteiger partial charge is 0.525 e. The number of carbonyl (C=O) groups is 1. The van der Waals surface area contributed by atoms with Crippen molar-refractivity contribution in [2.75, 3.05) is 6.61 Å². The lowest BCUT2D eigenvalue weighted by Crippen LogP contribution is -2.31. The third kappa shape index (κ3) is 2.71. The summed E-state index contributed by atoms with van der Waals surface area (Å²) in [4.78, 5) is 27.8. The van der Waals surface area contributed by atoms with Crippen LogP contribution in [-0.2, 0) is 18.6 Å². The number of cyclic esters (lactones) is 1. The van der Waals surface area contributed by atoms with E-state index in [4.69, 9.17) is 20.0 Å². The summed E-state index contributed by atoms with van der Waals surface area (Å²) in [7, 11) is -5.02. The lowest BCUT2D eigenvalue weighted by atomic mass is 10.2. The van der Waals surface area contributed by atoms with E-state index >= 15 is 0 Å². The molecular formula is C6H9O9P. The smallest absolute Gasteiger partial charge is 0.505 e. The molecule has 1 rings (SSSR count). The van der Waals surface area contributed by atoms with Crippen LogP contribution in [0.1, 0.15) is 0 Å². The van der Waals surface area contributed by atoms with Crippen molar-refractivity contribution < 1.29 is 43.7 Å².